The molecule has 0 atom stereocenters. The molecule has 2 heterocycles. The average molecular weight is 425 g/mol. The molecule has 0 N–H and O–H groups in total. The number of piperidine rings is 1. The fourth-order valence-corrected chi connectivity index (χ4v) is 3.95. The quantitative estimate of drug-likeness (QED) is 0.405. The van der Waals surface area contributed by atoms with E-state index in [-0.39, 0.29) is 5.82 Å². The highest BCUT2D eigenvalue weighted by molar-refractivity contribution is 5.88. The van der Waals surface area contributed by atoms with Gasteiger partial charge in [0.25, 0.3) is 0 Å². The highest BCUT2D eigenvalue weighted by Gasteiger charge is 2.13. The minimum Gasteiger partial charge on any atom is -0.493 e. The number of nitrogens with zero attached hydrogens (tertiary/aromatic N) is 2. The summed E-state index contributed by atoms with van der Waals surface area (Å²) in [4.78, 5) is 6.99. The van der Waals surface area contributed by atoms with Crippen molar-refractivity contribution in [1.29, 1.82) is 0 Å². The number of likely N-dealkylation sites (tertiary alicyclic amines) is 1. The molecular formula is C25H29FN2O3. The Hall–Kier alpha value is -2.86. The molecule has 1 aliphatic rings. The lowest BCUT2D eigenvalue weighted by atomic mass is 10.1. The van der Waals surface area contributed by atoms with Gasteiger partial charge in [-0.2, -0.15) is 0 Å². The molecule has 31 heavy (non-hydrogen) atoms. The predicted octanol–water partition coefficient (Wildman–Crippen LogP) is 5.82. The first-order chi connectivity index (χ1) is 15.2. The van der Waals surface area contributed by atoms with Gasteiger partial charge < -0.3 is 19.1 Å². The van der Waals surface area contributed by atoms with Crippen LogP contribution < -0.4 is 14.2 Å². The summed E-state index contributed by atoms with van der Waals surface area (Å²) in [6, 6.07) is 11.6. The van der Waals surface area contributed by atoms with Crippen LogP contribution in [0.25, 0.3) is 10.9 Å². The number of hydrogen-bond donors (Lipinski definition) is 0. The molecule has 1 saturated heterocycles. The average Bonchev–Trinajstić information content (AvgIpc) is 2.79. The molecule has 0 aliphatic carbocycles. The molecular weight excluding hydrogens is 395 g/mol. The summed E-state index contributed by atoms with van der Waals surface area (Å²) < 4.78 is 31.0. The van der Waals surface area contributed by atoms with E-state index in [1.807, 2.05) is 12.1 Å². The highest BCUT2D eigenvalue weighted by Crippen LogP contribution is 2.37. The predicted molar refractivity (Wildman–Crippen MR) is 120 cm³/mol. The normalized spacial score (nSPS) is 14.5. The molecule has 0 spiro atoms. The van der Waals surface area contributed by atoms with E-state index in [4.69, 9.17) is 14.2 Å². The van der Waals surface area contributed by atoms with Crippen LogP contribution in [0.1, 0.15) is 32.1 Å². The molecule has 0 saturated carbocycles. The van der Waals surface area contributed by atoms with Crippen molar-refractivity contribution in [3.63, 3.8) is 0 Å². The maximum absolute atomic E-state index is 13.5. The zero-order chi connectivity index (χ0) is 21.5. The first-order valence-electron chi connectivity index (χ1n) is 11.0. The highest BCUT2D eigenvalue weighted by atomic mass is 19.1. The van der Waals surface area contributed by atoms with Crippen molar-refractivity contribution < 1.29 is 18.6 Å². The number of methoxy groups -OCH3 is 1. The third-order valence-corrected chi connectivity index (χ3v) is 5.59. The second kappa shape index (κ2) is 10.4. The summed E-state index contributed by atoms with van der Waals surface area (Å²) >= 11 is 0. The van der Waals surface area contributed by atoms with E-state index in [9.17, 15) is 4.39 Å². The lowest BCUT2D eigenvalue weighted by Crippen LogP contribution is -2.30. The van der Waals surface area contributed by atoms with E-state index >= 15 is 0 Å². The van der Waals surface area contributed by atoms with Gasteiger partial charge in [-0.05, 0) is 69.6 Å². The van der Waals surface area contributed by atoms with E-state index in [0.717, 1.165) is 30.3 Å². The minimum atomic E-state index is -0.343. The van der Waals surface area contributed by atoms with Crippen molar-refractivity contribution in [2.24, 2.45) is 0 Å². The Kier molecular flexibility index (Phi) is 7.20. The monoisotopic (exact) mass is 424 g/mol. The molecule has 0 bridgehead atoms. The van der Waals surface area contributed by atoms with E-state index in [0.29, 0.717) is 29.6 Å². The fraction of sp³-hybridized carbons (Fsp3) is 0.400. The summed E-state index contributed by atoms with van der Waals surface area (Å²) in [7, 11) is 1.62. The molecule has 0 radical (unpaired) electrons. The molecule has 1 aromatic heterocycles. The summed E-state index contributed by atoms with van der Waals surface area (Å²) in [6.45, 7) is 4.23. The molecule has 6 heteroatoms. The van der Waals surface area contributed by atoms with Crippen LogP contribution in [0.2, 0.25) is 0 Å². The van der Waals surface area contributed by atoms with Crippen molar-refractivity contribution in [2.75, 3.05) is 33.4 Å². The first kappa shape index (κ1) is 21.4. The van der Waals surface area contributed by atoms with E-state index in [1.54, 1.807) is 31.5 Å². The van der Waals surface area contributed by atoms with Gasteiger partial charge in [0, 0.05) is 23.7 Å². The van der Waals surface area contributed by atoms with Crippen molar-refractivity contribution in [3.8, 4) is 23.0 Å². The Balaban J connectivity index is 1.42. The van der Waals surface area contributed by atoms with Crippen molar-refractivity contribution in [1.82, 2.24) is 9.88 Å². The van der Waals surface area contributed by atoms with Crippen molar-refractivity contribution in [3.05, 3.63) is 54.5 Å². The number of benzene rings is 2. The number of hydrogen-bond acceptors (Lipinski definition) is 5. The van der Waals surface area contributed by atoms with Crippen LogP contribution in [0.4, 0.5) is 4.39 Å². The Bertz CT molecular complexity index is 1010. The molecule has 164 valence electrons. The molecule has 2 aromatic carbocycles. The molecule has 1 aliphatic heterocycles. The number of pyridine rings is 1. The SMILES string of the molecule is COc1cc2c(Oc3cccc(F)c3)ccnc2cc1OCCCCN1CCCCC1. The van der Waals surface area contributed by atoms with Gasteiger partial charge in [0.2, 0.25) is 0 Å². The van der Waals surface area contributed by atoms with Gasteiger partial charge in [-0.1, -0.05) is 12.5 Å². The van der Waals surface area contributed by atoms with Gasteiger partial charge >= 0.3 is 0 Å². The van der Waals surface area contributed by atoms with Gasteiger partial charge in [-0.25, -0.2) is 4.39 Å². The van der Waals surface area contributed by atoms with Crippen LogP contribution in [0.3, 0.4) is 0 Å². The van der Waals surface area contributed by atoms with Crippen LogP contribution in [-0.2, 0) is 0 Å². The number of unbranched alkanes of at least 4 members (excludes halogenated alkanes) is 1. The summed E-state index contributed by atoms with van der Waals surface area (Å²) in [5, 5.41) is 0.779. The van der Waals surface area contributed by atoms with E-state index in [1.165, 1.54) is 44.5 Å². The van der Waals surface area contributed by atoms with Crippen LogP contribution in [0, 0.1) is 5.82 Å². The molecule has 4 rings (SSSR count). The van der Waals surface area contributed by atoms with Crippen LogP contribution in [0.5, 0.6) is 23.0 Å². The molecule has 0 unspecified atom stereocenters. The van der Waals surface area contributed by atoms with Gasteiger partial charge in [0.1, 0.15) is 17.3 Å². The standard InChI is InChI=1S/C25H29FN2O3/c1-29-24-17-21-22(27-11-10-23(21)31-20-9-7-8-19(26)16-20)18-25(24)30-15-6-5-14-28-12-3-2-4-13-28/h7-11,16-18H,2-6,12-15H2,1H3. The first-order valence-corrected chi connectivity index (χ1v) is 11.0. The topological polar surface area (TPSA) is 43.8 Å². The smallest absolute Gasteiger partial charge is 0.163 e. The van der Waals surface area contributed by atoms with Crippen LogP contribution >= 0.6 is 0 Å². The number of halogens is 1. The lowest BCUT2D eigenvalue weighted by molar-refractivity contribution is 0.214. The Morgan fingerprint density at radius 2 is 1.84 bits per heavy atom. The van der Waals surface area contributed by atoms with Gasteiger partial charge in [-0.3, -0.25) is 4.98 Å². The largest absolute Gasteiger partial charge is 0.493 e. The Morgan fingerprint density at radius 3 is 2.65 bits per heavy atom. The second-order valence-corrected chi connectivity index (χ2v) is 7.85. The Morgan fingerprint density at radius 1 is 0.968 bits per heavy atom. The van der Waals surface area contributed by atoms with E-state index < -0.39 is 0 Å². The van der Waals surface area contributed by atoms with Crippen LogP contribution in [0.15, 0.2) is 48.7 Å². The number of rotatable bonds is 9. The lowest BCUT2D eigenvalue weighted by Gasteiger charge is -2.26. The van der Waals surface area contributed by atoms with Gasteiger partial charge in [0.05, 0.1) is 19.2 Å². The fourth-order valence-electron chi connectivity index (χ4n) is 3.95. The van der Waals surface area contributed by atoms with Crippen molar-refractivity contribution >= 4 is 10.9 Å². The third-order valence-electron chi connectivity index (χ3n) is 5.59. The molecule has 5 nitrogen and oxygen atoms in total. The minimum absolute atomic E-state index is 0.343. The third kappa shape index (κ3) is 5.64. The molecule has 1 fully saturated rings. The number of aromatic nitrogens is 1. The zero-order valence-corrected chi connectivity index (χ0v) is 18.0. The second-order valence-electron chi connectivity index (χ2n) is 7.85. The number of fused-ring (bicyclic) bond motifs is 1. The molecule has 3 aromatic rings. The van der Waals surface area contributed by atoms with Gasteiger partial charge in [-0.15, -0.1) is 0 Å². The summed E-state index contributed by atoms with van der Waals surface area (Å²) in [6.07, 6.45) is 7.80. The summed E-state index contributed by atoms with van der Waals surface area (Å²) in [5.74, 6) is 1.97. The maximum Gasteiger partial charge on any atom is 0.163 e. The zero-order valence-electron chi connectivity index (χ0n) is 18.0. The maximum atomic E-state index is 13.5. The summed E-state index contributed by atoms with van der Waals surface area (Å²) in [5.41, 5.74) is 0.734. The Labute approximate surface area is 182 Å². The van der Waals surface area contributed by atoms with E-state index in [2.05, 4.69) is 9.88 Å². The molecule has 0 amide bonds. The van der Waals surface area contributed by atoms with Gasteiger partial charge in [0.15, 0.2) is 11.5 Å². The van der Waals surface area contributed by atoms with Crippen molar-refractivity contribution in [2.45, 2.75) is 32.1 Å². The number of ether oxygens (including phenoxy) is 3. The van der Waals surface area contributed by atoms with Crippen LogP contribution in [-0.4, -0.2) is 43.2 Å².